The summed E-state index contributed by atoms with van der Waals surface area (Å²) in [7, 11) is 0. The van der Waals surface area contributed by atoms with Gasteiger partial charge >= 0.3 is 6.11 Å². The molecule has 0 saturated heterocycles. The van der Waals surface area contributed by atoms with Crippen LogP contribution in [-0.4, -0.2) is 6.11 Å². The van der Waals surface area contributed by atoms with Crippen LogP contribution in [0.2, 0.25) is 0 Å². The molecule has 2 fully saturated rings. The summed E-state index contributed by atoms with van der Waals surface area (Å²) in [5, 5.41) is 0. The molecule has 2 aromatic rings. The molecule has 2 aliphatic rings. The number of allylic oxidation sites excluding steroid dienone is 2. The number of hydrogen-bond acceptors (Lipinski definition) is 1. The monoisotopic (exact) mass is 568 g/mol. The lowest BCUT2D eigenvalue weighted by Crippen LogP contribution is -2.27. The van der Waals surface area contributed by atoms with Crippen molar-refractivity contribution in [1.29, 1.82) is 0 Å². The van der Waals surface area contributed by atoms with Crippen LogP contribution in [0.4, 0.5) is 13.2 Å². The van der Waals surface area contributed by atoms with Crippen molar-refractivity contribution in [3.8, 4) is 0 Å². The van der Waals surface area contributed by atoms with E-state index in [9.17, 15) is 13.2 Å². The molecule has 0 aromatic heterocycles. The molecule has 2 aliphatic carbocycles. The molecule has 226 valence electrons. The summed E-state index contributed by atoms with van der Waals surface area (Å²) in [6.45, 7) is 4.00. The summed E-state index contributed by atoms with van der Waals surface area (Å²) in [5.74, 6) is 2.45. The minimum Gasteiger partial charge on any atom is -0.313 e. The van der Waals surface area contributed by atoms with Crippen molar-refractivity contribution in [3.05, 3.63) is 82.9 Å². The molecule has 0 radical (unpaired) electrons. The Morgan fingerprint density at radius 3 is 1.93 bits per heavy atom. The van der Waals surface area contributed by atoms with Crippen LogP contribution in [0.5, 0.6) is 0 Å². The number of hydrogen-bond donors (Lipinski definition) is 0. The molecule has 2 aromatic carbocycles. The van der Waals surface area contributed by atoms with Crippen LogP contribution in [0, 0.1) is 11.8 Å². The third-order valence-corrected chi connectivity index (χ3v) is 9.68. The van der Waals surface area contributed by atoms with E-state index in [0.717, 1.165) is 37.2 Å². The van der Waals surface area contributed by atoms with Crippen LogP contribution in [0.25, 0.3) is 0 Å². The van der Waals surface area contributed by atoms with Gasteiger partial charge in [-0.05, 0) is 104 Å². The van der Waals surface area contributed by atoms with E-state index in [1.165, 1.54) is 81.9 Å². The van der Waals surface area contributed by atoms with Crippen LogP contribution in [0.15, 0.2) is 60.7 Å². The van der Waals surface area contributed by atoms with Crippen LogP contribution in [0.1, 0.15) is 144 Å². The number of alkyl halides is 3. The molecule has 41 heavy (non-hydrogen) atoms. The maximum absolute atomic E-state index is 15.0. The Balaban J connectivity index is 1.21. The first kappa shape index (κ1) is 31.9. The Morgan fingerprint density at radius 1 is 0.780 bits per heavy atom. The van der Waals surface area contributed by atoms with Gasteiger partial charge in [0.1, 0.15) is 0 Å². The van der Waals surface area contributed by atoms with Crippen molar-refractivity contribution >= 4 is 0 Å². The van der Waals surface area contributed by atoms with E-state index in [1.807, 2.05) is 36.4 Å². The average molecular weight is 569 g/mol. The molecular formula is C37H51F3O. The fourth-order valence-electron chi connectivity index (χ4n) is 7.01. The van der Waals surface area contributed by atoms with Gasteiger partial charge in [-0.15, -0.1) is 0 Å². The molecule has 4 rings (SSSR count). The second-order valence-corrected chi connectivity index (χ2v) is 12.7. The minimum atomic E-state index is -3.89. The van der Waals surface area contributed by atoms with Gasteiger partial charge < -0.3 is 4.74 Å². The highest BCUT2D eigenvalue weighted by Gasteiger charge is 2.43. The quantitative estimate of drug-likeness (QED) is 0.163. The second-order valence-electron chi connectivity index (χ2n) is 12.7. The average Bonchev–Trinajstić information content (AvgIpc) is 3.01. The molecule has 0 N–H and O–H groups in total. The Labute approximate surface area is 247 Å². The highest BCUT2D eigenvalue weighted by atomic mass is 19.3. The molecule has 0 amide bonds. The summed E-state index contributed by atoms with van der Waals surface area (Å²) in [5.41, 5.74) is 3.00. The smallest absolute Gasteiger partial charge is 0.313 e. The Hall–Kier alpha value is -2.07. The molecule has 0 spiro atoms. The lowest BCUT2D eigenvalue weighted by Gasteiger charge is -2.29. The van der Waals surface area contributed by atoms with Crippen molar-refractivity contribution in [2.45, 2.75) is 134 Å². The van der Waals surface area contributed by atoms with E-state index in [0.29, 0.717) is 23.3 Å². The molecule has 0 bridgehead atoms. The van der Waals surface area contributed by atoms with Gasteiger partial charge in [0.25, 0.3) is 0 Å². The minimum absolute atomic E-state index is 0.0246. The van der Waals surface area contributed by atoms with E-state index in [1.54, 1.807) is 0 Å². The van der Waals surface area contributed by atoms with Gasteiger partial charge in [0, 0.05) is 0 Å². The molecule has 2 saturated carbocycles. The summed E-state index contributed by atoms with van der Waals surface area (Å²) >= 11 is 0. The summed E-state index contributed by atoms with van der Waals surface area (Å²) < 4.78 is 49.3. The molecule has 1 nitrogen and oxygen atoms in total. The predicted molar refractivity (Wildman–Crippen MR) is 164 cm³/mol. The van der Waals surface area contributed by atoms with Crippen LogP contribution in [-0.2, 0) is 11.3 Å². The van der Waals surface area contributed by atoms with E-state index in [2.05, 4.69) is 26.0 Å². The summed E-state index contributed by atoms with van der Waals surface area (Å²) in [6.07, 6.45) is 15.4. The fraction of sp³-hybridized carbons (Fsp3) is 0.622. The van der Waals surface area contributed by atoms with Crippen molar-refractivity contribution in [2.24, 2.45) is 11.8 Å². The predicted octanol–water partition coefficient (Wildman–Crippen LogP) is 12.0. The first-order valence-electron chi connectivity index (χ1n) is 16.4. The standard InChI is InChI=1S/C37H51F3O/c1-3-5-6-7-8-10-29-13-19-32(20-14-29)34-23-25-35(26-24-34)36(38)37(39,40)41-27-30-15-21-33(22-16-30)31-17-11-28(9-4-2)12-18-31/h4,9,15-16,21-26,28-29,31-32,36H,3,5-8,10-14,17-20,27H2,1-2H3. The number of benzene rings is 2. The molecule has 1 unspecified atom stereocenters. The number of rotatable bonds is 14. The zero-order valence-electron chi connectivity index (χ0n) is 25.3. The molecule has 0 heterocycles. The van der Waals surface area contributed by atoms with Gasteiger partial charge in [-0.3, -0.25) is 0 Å². The Kier molecular flexibility index (Phi) is 12.4. The molecule has 1 atom stereocenters. The highest BCUT2D eigenvalue weighted by molar-refractivity contribution is 5.28. The topological polar surface area (TPSA) is 9.23 Å². The van der Waals surface area contributed by atoms with Crippen LogP contribution in [0.3, 0.4) is 0 Å². The summed E-state index contributed by atoms with van der Waals surface area (Å²) in [6, 6.07) is 14.5. The van der Waals surface area contributed by atoms with E-state index in [-0.39, 0.29) is 12.2 Å². The summed E-state index contributed by atoms with van der Waals surface area (Å²) in [4.78, 5) is 0. The number of ether oxygens (including phenoxy) is 1. The Bertz CT molecular complexity index is 1030. The maximum Gasteiger partial charge on any atom is 0.391 e. The largest absolute Gasteiger partial charge is 0.391 e. The SMILES string of the molecule is CC=CC1CCC(c2ccc(COC(F)(F)C(F)c3ccc(C4CCC(CCCCCCC)CC4)cc3)cc2)CC1. The van der Waals surface area contributed by atoms with E-state index in [4.69, 9.17) is 4.74 Å². The van der Waals surface area contributed by atoms with Gasteiger partial charge in [0.15, 0.2) is 0 Å². The van der Waals surface area contributed by atoms with Crippen molar-refractivity contribution in [3.63, 3.8) is 0 Å². The van der Waals surface area contributed by atoms with Gasteiger partial charge in [-0.25, -0.2) is 4.39 Å². The maximum atomic E-state index is 15.0. The van der Waals surface area contributed by atoms with Crippen LogP contribution < -0.4 is 0 Å². The van der Waals surface area contributed by atoms with Crippen LogP contribution >= 0.6 is 0 Å². The normalized spacial score (nSPS) is 24.5. The number of halogens is 3. The zero-order chi connectivity index (χ0) is 29.1. The molecule has 4 heteroatoms. The lowest BCUT2D eigenvalue weighted by molar-refractivity contribution is -0.282. The van der Waals surface area contributed by atoms with E-state index >= 15 is 0 Å². The third-order valence-electron chi connectivity index (χ3n) is 9.68. The second kappa shape index (κ2) is 16.0. The van der Waals surface area contributed by atoms with Crippen molar-refractivity contribution in [1.82, 2.24) is 0 Å². The van der Waals surface area contributed by atoms with E-state index < -0.39 is 12.3 Å². The Morgan fingerprint density at radius 2 is 1.34 bits per heavy atom. The molecule has 0 aliphatic heterocycles. The van der Waals surface area contributed by atoms with Gasteiger partial charge in [0.2, 0.25) is 6.17 Å². The highest BCUT2D eigenvalue weighted by Crippen LogP contribution is 2.41. The third kappa shape index (κ3) is 9.46. The van der Waals surface area contributed by atoms with Gasteiger partial charge in [-0.1, -0.05) is 106 Å². The number of unbranched alkanes of at least 4 members (excludes halogenated alkanes) is 4. The fourth-order valence-corrected chi connectivity index (χ4v) is 7.01. The van der Waals surface area contributed by atoms with Crippen molar-refractivity contribution < 1.29 is 17.9 Å². The lowest BCUT2D eigenvalue weighted by atomic mass is 9.77. The van der Waals surface area contributed by atoms with Crippen molar-refractivity contribution in [2.75, 3.05) is 0 Å². The van der Waals surface area contributed by atoms with Gasteiger partial charge in [-0.2, -0.15) is 8.78 Å². The first-order valence-corrected chi connectivity index (χ1v) is 16.4. The zero-order valence-corrected chi connectivity index (χ0v) is 25.3. The van der Waals surface area contributed by atoms with Gasteiger partial charge in [0.05, 0.1) is 6.61 Å². The first-order chi connectivity index (χ1) is 19.9. The molecular weight excluding hydrogens is 517 g/mol.